The number of benzene rings is 1. The second kappa shape index (κ2) is 5.16. The van der Waals surface area contributed by atoms with E-state index in [-0.39, 0.29) is 11.6 Å². The van der Waals surface area contributed by atoms with Gasteiger partial charge in [0.1, 0.15) is 5.69 Å². The molecule has 1 unspecified atom stereocenters. The maximum absolute atomic E-state index is 12.9. The van der Waals surface area contributed by atoms with E-state index in [4.69, 9.17) is 0 Å². The van der Waals surface area contributed by atoms with Crippen molar-refractivity contribution in [3.05, 3.63) is 52.2 Å². The maximum atomic E-state index is 12.9. The van der Waals surface area contributed by atoms with Gasteiger partial charge in [0.05, 0.1) is 0 Å². The average molecular weight is 299 g/mol. The average Bonchev–Trinajstić information content (AvgIpc) is 3.00. The van der Waals surface area contributed by atoms with Crippen molar-refractivity contribution in [2.45, 2.75) is 19.8 Å². The van der Waals surface area contributed by atoms with Gasteiger partial charge in [-0.25, -0.2) is 4.79 Å². The van der Waals surface area contributed by atoms with Gasteiger partial charge in [-0.05, 0) is 17.5 Å². The van der Waals surface area contributed by atoms with Gasteiger partial charge >= 0.3 is 5.69 Å². The summed E-state index contributed by atoms with van der Waals surface area (Å²) in [5, 5.41) is 0. The molecule has 1 aromatic heterocycles. The van der Waals surface area contributed by atoms with E-state index < -0.39 is 0 Å². The SMILES string of the molecule is CC(C)C1CN(C(=O)c2cn(C)c(=O)n2C)c2ccccc21. The first-order chi connectivity index (χ1) is 10.4. The molecular weight excluding hydrogens is 278 g/mol. The molecule has 1 atom stereocenters. The molecule has 0 spiro atoms. The molecule has 2 heterocycles. The summed E-state index contributed by atoms with van der Waals surface area (Å²) in [6.07, 6.45) is 1.61. The Morgan fingerprint density at radius 1 is 1.23 bits per heavy atom. The summed E-state index contributed by atoms with van der Waals surface area (Å²) in [5.41, 5.74) is 2.41. The Bertz CT molecular complexity index is 785. The van der Waals surface area contributed by atoms with E-state index in [0.717, 1.165) is 5.69 Å². The molecule has 1 aromatic carbocycles. The first-order valence-electron chi connectivity index (χ1n) is 7.55. The van der Waals surface area contributed by atoms with Crippen LogP contribution in [0.1, 0.15) is 35.8 Å². The fraction of sp³-hybridized carbons (Fsp3) is 0.412. The van der Waals surface area contributed by atoms with Crippen molar-refractivity contribution in [1.82, 2.24) is 9.13 Å². The van der Waals surface area contributed by atoms with E-state index in [1.807, 2.05) is 18.2 Å². The van der Waals surface area contributed by atoms with Crippen molar-refractivity contribution in [3.8, 4) is 0 Å². The number of amides is 1. The number of imidazole rings is 1. The zero-order valence-corrected chi connectivity index (χ0v) is 13.4. The molecule has 22 heavy (non-hydrogen) atoms. The Morgan fingerprint density at radius 3 is 2.50 bits per heavy atom. The largest absolute Gasteiger partial charge is 0.328 e. The zero-order valence-electron chi connectivity index (χ0n) is 13.4. The predicted molar refractivity (Wildman–Crippen MR) is 86.4 cm³/mol. The summed E-state index contributed by atoms with van der Waals surface area (Å²) in [7, 11) is 3.30. The third kappa shape index (κ3) is 2.08. The zero-order chi connectivity index (χ0) is 16.0. The van der Waals surface area contributed by atoms with Crippen LogP contribution in [-0.4, -0.2) is 21.6 Å². The highest BCUT2D eigenvalue weighted by atomic mass is 16.2. The Labute approximate surface area is 129 Å². The quantitative estimate of drug-likeness (QED) is 0.853. The number of para-hydroxylation sites is 1. The van der Waals surface area contributed by atoms with Crippen molar-refractivity contribution < 1.29 is 4.79 Å². The van der Waals surface area contributed by atoms with E-state index >= 15 is 0 Å². The van der Waals surface area contributed by atoms with Crippen LogP contribution in [0.25, 0.3) is 0 Å². The smallest absolute Gasteiger partial charge is 0.306 e. The van der Waals surface area contributed by atoms with Gasteiger partial charge in [-0.1, -0.05) is 32.0 Å². The molecule has 0 saturated heterocycles. The van der Waals surface area contributed by atoms with Crippen LogP contribution in [0, 0.1) is 5.92 Å². The summed E-state index contributed by atoms with van der Waals surface area (Å²) in [4.78, 5) is 26.6. The molecule has 5 heteroatoms. The van der Waals surface area contributed by atoms with Crippen molar-refractivity contribution >= 4 is 11.6 Å². The summed E-state index contributed by atoms with van der Waals surface area (Å²) >= 11 is 0. The molecule has 1 aliphatic rings. The van der Waals surface area contributed by atoms with Crippen molar-refractivity contribution in [2.24, 2.45) is 20.0 Å². The number of hydrogen-bond acceptors (Lipinski definition) is 2. The standard InChI is InChI=1S/C17H21N3O2/c1-11(2)13-9-20(14-8-6-5-7-12(13)14)16(21)15-10-18(3)17(22)19(15)4/h5-8,10-11,13H,9H2,1-4H3. The Hall–Kier alpha value is -2.30. The molecule has 3 rings (SSSR count). The predicted octanol–water partition coefficient (Wildman–Crippen LogP) is 2.12. The lowest BCUT2D eigenvalue weighted by Gasteiger charge is -2.19. The van der Waals surface area contributed by atoms with Gasteiger partial charge in [-0.2, -0.15) is 0 Å². The Balaban J connectivity index is 2.04. The van der Waals surface area contributed by atoms with E-state index in [1.165, 1.54) is 14.7 Å². The lowest BCUT2D eigenvalue weighted by atomic mass is 9.90. The highest BCUT2D eigenvalue weighted by molar-refractivity contribution is 6.06. The van der Waals surface area contributed by atoms with E-state index in [0.29, 0.717) is 24.1 Å². The maximum Gasteiger partial charge on any atom is 0.328 e. The molecule has 0 N–H and O–H groups in total. The summed E-state index contributed by atoms with van der Waals surface area (Å²) in [5.74, 6) is 0.676. The first kappa shape index (κ1) is 14.6. The van der Waals surface area contributed by atoms with Gasteiger partial charge in [0.25, 0.3) is 5.91 Å². The number of aryl methyl sites for hydroxylation is 1. The van der Waals surface area contributed by atoms with Crippen molar-refractivity contribution in [2.75, 3.05) is 11.4 Å². The first-order valence-corrected chi connectivity index (χ1v) is 7.55. The van der Waals surface area contributed by atoms with Crippen LogP contribution >= 0.6 is 0 Å². The topological polar surface area (TPSA) is 47.2 Å². The molecule has 0 radical (unpaired) electrons. The van der Waals surface area contributed by atoms with E-state index in [9.17, 15) is 9.59 Å². The summed E-state index contributed by atoms with van der Waals surface area (Å²) in [6.45, 7) is 5.01. The third-order valence-electron chi connectivity index (χ3n) is 4.54. The minimum Gasteiger partial charge on any atom is -0.306 e. The van der Waals surface area contributed by atoms with Crippen LogP contribution in [0.5, 0.6) is 0 Å². The number of aromatic nitrogens is 2. The molecule has 0 fully saturated rings. The number of carbonyl (C=O) groups is 1. The van der Waals surface area contributed by atoms with E-state index in [1.54, 1.807) is 25.2 Å². The number of carbonyl (C=O) groups excluding carboxylic acids is 1. The molecule has 5 nitrogen and oxygen atoms in total. The molecule has 1 aliphatic heterocycles. The third-order valence-corrected chi connectivity index (χ3v) is 4.54. The molecular formula is C17H21N3O2. The number of anilines is 1. The molecule has 0 bridgehead atoms. The van der Waals surface area contributed by atoms with Gasteiger partial charge in [0.15, 0.2) is 0 Å². The fourth-order valence-electron chi connectivity index (χ4n) is 3.20. The van der Waals surface area contributed by atoms with Crippen LogP contribution in [-0.2, 0) is 14.1 Å². The molecule has 0 aliphatic carbocycles. The Kier molecular flexibility index (Phi) is 3.43. The Morgan fingerprint density at radius 2 is 1.91 bits per heavy atom. The van der Waals surface area contributed by atoms with Gasteiger partial charge < -0.3 is 9.47 Å². The highest BCUT2D eigenvalue weighted by Gasteiger charge is 2.35. The normalized spacial score (nSPS) is 17.1. The lowest BCUT2D eigenvalue weighted by Crippen LogP contribution is -2.33. The monoisotopic (exact) mass is 299 g/mol. The number of nitrogens with zero attached hydrogens (tertiary/aromatic N) is 3. The van der Waals surface area contributed by atoms with Gasteiger partial charge in [-0.15, -0.1) is 0 Å². The minimum atomic E-state index is -0.184. The van der Waals surface area contributed by atoms with Crippen LogP contribution < -0.4 is 10.6 Å². The van der Waals surface area contributed by atoms with Crippen LogP contribution in [0.4, 0.5) is 5.69 Å². The van der Waals surface area contributed by atoms with Crippen LogP contribution in [0.2, 0.25) is 0 Å². The minimum absolute atomic E-state index is 0.115. The van der Waals surface area contributed by atoms with E-state index in [2.05, 4.69) is 19.9 Å². The van der Waals surface area contributed by atoms with Gasteiger partial charge in [0, 0.05) is 38.4 Å². The molecule has 1 amide bonds. The van der Waals surface area contributed by atoms with Crippen molar-refractivity contribution in [3.63, 3.8) is 0 Å². The fourth-order valence-corrected chi connectivity index (χ4v) is 3.20. The second-order valence-corrected chi connectivity index (χ2v) is 6.29. The molecule has 0 saturated carbocycles. The van der Waals surface area contributed by atoms with Crippen molar-refractivity contribution in [1.29, 1.82) is 0 Å². The van der Waals surface area contributed by atoms with Crippen LogP contribution in [0.15, 0.2) is 35.3 Å². The lowest BCUT2D eigenvalue weighted by molar-refractivity contribution is 0.0979. The number of hydrogen-bond donors (Lipinski definition) is 0. The number of rotatable bonds is 2. The second-order valence-electron chi connectivity index (χ2n) is 6.29. The molecule has 2 aromatic rings. The summed E-state index contributed by atoms with van der Waals surface area (Å²) in [6, 6.07) is 8.04. The summed E-state index contributed by atoms with van der Waals surface area (Å²) < 4.78 is 2.85. The van der Waals surface area contributed by atoms with Gasteiger partial charge in [0.2, 0.25) is 0 Å². The number of fused-ring (bicyclic) bond motifs is 1. The molecule has 116 valence electrons. The highest BCUT2D eigenvalue weighted by Crippen LogP contribution is 2.40. The van der Waals surface area contributed by atoms with Crippen LogP contribution in [0.3, 0.4) is 0 Å². The van der Waals surface area contributed by atoms with Gasteiger partial charge in [-0.3, -0.25) is 9.36 Å².